The van der Waals surface area contributed by atoms with Crippen LogP contribution in [0.3, 0.4) is 0 Å². The summed E-state index contributed by atoms with van der Waals surface area (Å²) in [6.07, 6.45) is 4.14. The molecule has 2 rings (SSSR count). The van der Waals surface area contributed by atoms with Crippen molar-refractivity contribution < 1.29 is 4.74 Å². The molecule has 0 amide bonds. The van der Waals surface area contributed by atoms with E-state index in [0.29, 0.717) is 12.3 Å². The Bertz CT molecular complexity index is 380. The minimum absolute atomic E-state index is 0.264. The molecule has 16 heavy (non-hydrogen) atoms. The third-order valence-corrected chi connectivity index (χ3v) is 2.72. The molecule has 1 saturated heterocycles. The topological polar surface area (TPSA) is 57.9 Å². The van der Waals surface area contributed by atoms with Crippen molar-refractivity contribution in [1.29, 1.82) is 5.26 Å². The maximum atomic E-state index is 8.87. The Hall–Kier alpha value is -1.44. The minimum Gasteiger partial charge on any atom is -0.372 e. The first kappa shape index (κ1) is 11.1. The average molecular weight is 217 g/mol. The molecule has 1 fully saturated rings. The molecule has 1 aliphatic rings. The van der Waals surface area contributed by atoms with E-state index in [9.17, 15) is 0 Å². The first-order valence-corrected chi connectivity index (χ1v) is 5.56. The molecule has 1 aromatic heterocycles. The summed E-state index contributed by atoms with van der Waals surface area (Å²) >= 11 is 0. The molecule has 4 heteroatoms. The normalized spacial score (nSPS) is 20.3. The van der Waals surface area contributed by atoms with Crippen molar-refractivity contribution in [3.63, 3.8) is 0 Å². The number of piperidine rings is 1. The second-order valence-corrected chi connectivity index (χ2v) is 3.90. The van der Waals surface area contributed by atoms with Gasteiger partial charge in [-0.25, -0.2) is 4.98 Å². The number of hydrogen-bond acceptors (Lipinski definition) is 4. The fourth-order valence-electron chi connectivity index (χ4n) is 1.83. The number of nitrogens with zero attached hydrogens (tertiary/aromatic N) is 2. The van der Waals surface area contributed by atoms with Gasteiger partial charge in [-0.05, 0) is 25.5 Å². The highest BCUT2D eigenvalue weighted by Crippen LogP contribution is 2.11. The van der Waals surface area contributed by atoms with Crippen LogP contribution < -0.4 is 5.32 Å². The Morgan fingerprint density at radius 3 is 3.31 bits per heavy atom. The van der Waals surface area contributed by atoms with Crippen molar-refractivity contribution in [1.82, 2.24) is 10.3 Å². The van der Waals surface area contributed by atoms with E-state index >= 15 is 0 Å². The SMILES string of the molecule is N#Cc1ncccc1CO[C@H]1CCCNC1. The lowest BCUT2D eigenvalue weighted by molar-refractivity contribution is 0.0250. The Labute approximate surface area is 95.3 Å². The lowest BCUT2D eigenvalue weighted by Crippen LogP contribution is -2.35. The molecule has 1 aromatic rings. The lowest BCUT2D eigenvalue weighted by atomic mass is 10.1. The second kappa shape index (κ2) is 5.59. The molecular formula is C12H15N3O. The molecule has 0 radical (unpaired) electrons. The summed E-state index contributed by atoms with van der Waals surface area (Å²) in [4.78, 5) is 4.00. The fraction of sp³-hybridized carbons (Fsp3) is 0.500. The van der Waals surface area contributed by atoms with Gasteiger partial charge in [0.1, 0.15) is 11.8 Å². The van der Waals surface area contributed by atoms with Crippen molar-refractivity contribution in [2.75, 3.05) is 13.1 Å². The second-order valence-electron chi connectivity index (χ2n) is 3.90. The van der Waals surface area contributed by atoms with Crippen LogP contribution in [0.5, 0.6) is 0 Å². The molecule has 84 valence electrons. The zero-order valence-corrected chi connectivity index (χ0v) is 9.15. The number of pyridine rings is 1. The van der Waals surface area contributed by atoms with Crippen LogP contribution in [0.2, 0.25) is 0 Å². The Kier molecular flexibility index (Phi) is 3.86. The van der Waals surface area contributed by atoms with Gasteiger partial charge in [-0.2, -0.15) is 5.26 Å². The van der Waals surface area contributed by atoms with Gasteiger partial charge in [0.05, 0.1) is 12.7 Å². The molecule has 4 nitrogen and oxygen atoms in total. The number of hydrogen-bond donors (Lipinski definition) is 1. The number of aromatic nitrogens is 1. The first-order valence-electron chi connectivity index (χ1n) is 5.56. The van der Waals surface area contributed by atoms with Gasteiger partial charge in [-0.3, -0.25) is 0 Å². The van der Waals surface area contributed by atoms with Gasteiger partial charge in [0.2, 0.25) is 0 Å². The summed E-state index contributed by atoms with van der Waals surface area (Å²) in [5.74, 6) is 0. The van der Waals surface area contributed by atoms with Gasteiger partial charge < -0.3 is 10.1 Å². The fourth-order valence-corrected chi connectivity index (χ4v) is 1.83. The van der Waals surface area contributed by atoms with Crippen molar-refractivity contribution in [3.8, 4) is 6.07 Å². The summed E-state index contributed by atoms with van der Waals surface area (Å²) in [6, 6.07) is 5.80. The molecule has 0 aromatic carbocycles. The summed E-state index contributed by atoms with van der Waals surface area (Å²) in [5, 5.41) is 12.2. The van der Waals surface area contributed by atoms with Crippen molar-refractivity contribution >= 4 is 0 Å². The van der Waals surface area contributed by atoms with Gasteiger partial charge >= 0.3 is 0 Å². The molecule has 0 unspecified atom stereocenters. The van der Waals surface area contributed by atoms with E-state index in [1.807, 2.05) is 12.1 Å². The third-order valence-electron chi connectivity index (χ3n) is 2.72. The highest BCUT2D eigenvalue weighted by molar-refractivity contribution is 5.29. The molecule has 1 atom stereocenters. The van der Waals surface area contributed by atoms with Crippen LogP contribution in [-0.2, 0) is 11.3 Å². The van der Waals surface area contributed by atoms with E-state index in [0.717, 1.165) is 31.5 Å². The predicted octanol–water partition coefficient (Wildman–Crippen LogP) is 1.22. The molecule has 0 bridgehead atoms. The maximum Gasteiger partial charge on any atom is 0.145 e. The molecular weight excluding hydrogens is 202 g/mol. The number of nitriles is 1. The zero-order chi connectivity index (χ0) is 11.2. The van der Waals surface area contributed by atoms with Gasteiger partial charge in [0.25, 0.3) is 0 Å². The maximum absolute atomic E-state index is 8.87. The van der Waals surface area contributed by atoms with Crippen LogP contribution in [0.15, 0.2) is 18.3 Å². The molecule has 2 heterocycles. The lowest BCUT2D eigenvalue weighted by Gasteiger charge is -2.23. The van der Waals surface area contributed by atoms with E-state index in [-0.39, 0.29) is 6.10 Å². The van der Waals surface area contributed by atoms with Crippen LogP contribution in [0.25, 0.3) is 0 Å². The van der Waals surface area contributed by atoms with Crippen molar-refractivity contribution in [2.45, 2.75) is 25.6 Å². The quantitative estimate of drug-likeness (QED) is 0.827. The van der Waals surface area contributed by atoms with Crippen LogP contribution >= 0.6 is 0 Å². The largest absolute Gasteiger partial charge is 0.372 e. The smallest absolute Gasteiger partial charge is 0.145 e. The Morgan fingerprint density at radius 1 is 1.62 bits per heavy atom. The molecule has 0 spiro atoms. The predicted molar refractivity (Wildman–Crippen MR) is 59.6 cm³/mol. The highest BCUT2D eigenvalue weighted by Gasteiger charge is 2.13. The summed E-state index contributed by atoms with van der Waals surface area (Å²) < 4.78 is 5.76. The van der Waals surface area contributed by atoms with E-state index < -0.39 is 0 Å². The standard InChI is InChI=1S/C12H15N3O/c13-7-12-10(3-1-6-15-12)9-16-11-4-2-5-14-8-11/h1,3,6,11,14H,2,4-5,8-9H2/t11-/m0/s1. The summed E-state index contributed by atoms with van der Waals surface area (Å²) in [5.41, 5.74) is 1.34. The molecule has 1 aliphatic heterocycles. The molecule has 0 saturated carbocycles. The molecule has 0 aliphatic carbocycles. The van der Waals surface area contributed by atoms with Crippen LogP contribution in [-0.4, -0.2) is 24.2 Å². The van der Waals surface area contributed by atoms with Crippen molar-refractivity contribution in [3.05, 3.63) is 29.6 Å². The van der Waals surface area contributed by atoms with Gasteiger partial charge in [0.15, 0.2) is 0 Å². The average Bonchev–Trinajstić information content (AvgIpc) is 2.38. The zero-order valence-electron chi connectivity index (χ0n) is 9.15. The summed E-state index contributed by atoms with van der Waals surface area (Å²) in [7, 11) is 0. The number of nitrogens with one attached hydrogen (secondary N) is 1. The Morgan fingerprint density at radius 2 is 2.56 bits per heavy atom. The van der Waals surface area contributed by atoms with Gasteiger partial charge in [-0.1, -0.05) is 6.07 Å². The third kappa shape index (κ3) is 2.78. The van der Waals surface area contributed by atoms with E-state index in [4.69, 9.17) is 10.00 Å². The van der Waals surface area contributed by atoms with E-state index in [1.54, 1.807) is 6.20 Å². The number of ether oxygens (including phenoxy) is 1. The first-order chi connectivity index (χ1) is 7.90. The van der Waals surface area contributed by atoms with Crippen LogP contribution in [0.4, 0.5) is 0 Å². The van der Waals surface area contributed by atoms with E-state index in [1.165, 1.54) is 0 Å². The number of rotatable bonds is 3. The van der Waals surface area contributed by atoms with Gasteiger partial charge in [-0.15, -0.1) is 0 Å². The Balaban J connectivity index is 1.91. The minimum atomic E-state index is 0.264. The monoisotopic (exact) mass is 217 g/mol. The highest BCUT2D eigenvalue weighted by atomic mass is 16.5. The summed E-state index contributed by atoms with van der Waals surface area (Å²) in [6.45, 7) is 2.46. The van der Waals surface area contributed by atoms with E-state index in [2.05, 4.69) is 16.4 Å². The van der Waals surface area contributed by atoms with Gasteiger partial charge in [0, 0.05) is 18.3 Å². The van der Waals surface area contributed by atoms with Crippen LogP contribution in [0, 0.1) is 11.3 Å². The molecule has 1 N–H and O–H groups in total. The van der Waals surface area contributed by atoms with Crippen molar-refractivity contribution in [2.24, 2.45) is 0 Å². The van der Waals surface area contributed by atoms with Crippen LogP contribution in [0.1, 0.15) is 24.1 Å².